The van der Waals surface area contributed by atoms with Crippen LogP contribution in [0.25, 0.3) is 10.9 Å². The van der Waals surface area contributed by atoms with E-state index >= 15 is 0 Å². The molecule has 0 amide bonds. The molecule has 0 saturated heterocycles. The lowest BCUT2D eigenvalue weighted by Crippen LogP contribution is -2.21. The third-order valence-corrected chi connectivity index (χ3v) is 3.98. The van der Waals surface area contributed by atoms with Crippen molar-refractivity contribution in [1.82, 2.24) is 4.57 Å². The van der Waals surface area contributed by atoms with Crippen LogP contribution in [-0.2, 0) is 17.7 Å². The second-order valence-corrected chi connectivity index (χ2v) is 5.74. The molecule has 3 nitrogen and oxygen atoms in total. The van der Waals surface area contributed by atoms with Gasteiger partial charge < -0.3 is 15.0 Å². The van der Waals surface area contributed by atoms with Gasteiger partial charge in [0.1, 0.15) is 0 Å². The zero-order valence-electron chi connectivity index (χ0n) is 13.3. The summed E-state index contributed by atoms with van der Waals surface area (Å²) < 4.78 is 7.92. The highest BCUT2D eigenvalue weighted by molar-refractivity contribution is 5.80. The number of fused-ring (bicyclic) bond motifs is 1. The number of nitrogens with zero attached hydrogens (tertiary/aromatic N) is 1. The van der Waals surface area contributed by atoms with E-state index in [1.165, 1.54) is 22.9 Å². The molecule has 0 aliphatic carbocycles. The molecule has 2 N–H and O–H groups in total. The Morgan fingerprint density at radius 2 is 2.05 bits per heavy atom. The summed E-state index contributed by atoms with van der Waals surface area (Å²) in [7, 11) is 0. The average Bonchev–Trinajstić information content (AvgIpc) is 2.89. The Bertz CT molecular complexity index is 547. The third-order valence-electron chi connectivity index (χ3n) is 3.98. The molecule has 2 aromatic rings. The molecule has 3 heteroatoms. The fourth-order valence-electron chi connectivity index (χ4n) is 2.53. The van der Waals surface area contributed by atoms with E-state index in [-0.39, 0.29) is 6.04 Å². The monoisotopic (exact) mass is 288 g/mol. The molecule has 0 fully saturated rings. The van der Waals surface area contributed by atoms with Crippen molar-refractivity contribution in [3.8, 4) is 0 Å². The summed E-state index contributed by atoms with van der Waals surface area (Å²) in [4.78, 5) is 0. The zero-order chi connectivity index (χ0) is 15.1. The molecule has 1 aromatic carbocycles. The van der Waals surface area contributed by atoms with Gasteiger partial charge in [0.05, 0.1) is 6.61 Å². The van der Waals surface area contributed by atoms with Gasteiger partial charge in [-0.3, -0.25) is 0 Å². The minimum Gasteiger partial charge on any atom is -0.380 e. The van der Waals surface area contributed by atoms with Crippen LogP contribution < -0.4 is 5.73 Å². The van der Waals surface area contributed by atoms with Crippen LogP contribution in [0, 0.1) is 0 Å². The number of ether oxygens (including phenoxy) is 1. The lowest BCUT2D eigenvalue weighted by molar-refractivity contribution is 0.124. The SMILES string of the molecule is CCCCOCCn1ccc2cc(CC(N)CC)ccc21. The maximum absolute atomic E-state index is 6.04. The standard InChI is InChI=1S/C18H28N2O/c1-3-5-11-21-12-10-20-9-8-16-13-15(6-7-18(16)20)14-17(19)4-2/h6-9,13,17H,3-5,10-12,14,19H2,1-2H3. The molecule has 0 saturated carbocycles. The molecule has 116 valence electrons. The highest BCUT2D eigenvalue weighted by atomic mass is 16.5. The van der Waals surface area contributed by atoms with Gasteiger partial charge in [-0.05, 0) is 48.4 Å². The second kappa shape index (κ2) is 8.20. The second-order valence-electron chi connectivity index (χ2n) is 5.74. The van der Waals surface area contributed by atoms with Crippen molar-refractivity contribution in [2.75, 3.05) is 13.2 Å². The van der Waals surface area contributed by atoms with Crippen molar-refractivity contribution in [1.29, 1.82) is 0 Å². The Labute approximate surface area is 128 Å². The molecule has 0 spiro atoms. The normalized spacial score (nSPS) is 12.9. The molecular formula is C18H28N2O. The number of nitrogens with two attached hydrogens (primary N) is 1. The number of rotatable bonds is 9. The Morgan fingerprint density at radius 1 is 1.19 bits per heavy atom. The summed E-state index contributed by atoms with van der Waals surface area (Å²) in [6.07, 6.45) is 6.46. The van der Waals surface area contributed by atoms with Gasteiger partial charge in [0.25, 0.3) is 0 Å². The van der Waals surface area contributed by atoms with Crippen LogP contribution in [0.3, 0.4) is 0 Å². The van der Waals surface area contributed by atoms with E-state index in [0.717, 1.165) is 39.0 Å². The summed E-state index contributed by atoms with van der Waals surface area (Å²) in [6.45, 7) is 6.89. The van der Waals surface area contributed by atoms with Gasteiger partial charge >= 0.3 is 0 Å². The Morgan fingerprint density at radius 3 is 2.81 bits per heavy atom. The molecule has 0 aliphatic heterocycles. The molecule has 0 aliphatic rings. The van der Waals surface area contributed by atoms with Crippen molar-refractivity contribution >= 4 is 10.9 Å². The van der Waals surface area contributed by atoms with Gasteiger partial charge in [0, 0.05) is 30.9 Å². The minimum atomic E-state index is 0.261. The van der Waals surface area contributed by atoms with E-state index in [1.807, 2.05) is 0 Å². The Balaban J connectivity index is 1.96. The van der Waals surface area contributed by atoms with E-state index < -0.39 is 0 Å². The quantitative estimate of drug-likeness (QED) is 0.714. The number of hydrogen-bond donors (Lipinski definition) is 1. The molecule has 1 heterocycles. The molecule has 1 unspecified atom stereocenters. The number of aromatic nitrogens is 1. The van der Waals surface area contributed by atoms with Crippen molar-refractivity contribution < 1.29 is 4.74 Å². The highest BCUT2D eigenvalue weighted by Gasteiger charge is 2.05. The van der Waals surface area contributed by atoms with Crippen molar-refractivity contribution in [2.45, 2.75) is 52.1 Å². The maximum Gasteiger partial charge on any atom is 0.0645 e. The van der Waals surface area contributed by atoms with Crippen LogP contribution in [0.5, 0.6) is 0 Å². The van der Waals surface area contributed by atoms with Gasteiger partial charge in [0.15, 0.2) is 0 Å². The van der Waals surface area contributed by atoms with Gasteiger partial charge in [0.2, 0.25) is 0 Å². The van der Waals surface area contributed by atoms with Crippen LogP contribution in [0.2, 0.25) is 0 Å². The highest BCUT2D eigenvalue weighted by Crippen LogP contribution is 2.19. The van der Waals surface area contributed by atoms with Crippen molar-refractivity contribution in [3.63, 3.8) is 0 Å². The van der Waals surface area contributed by atoms with E-state index in [9.17, 15) is 0 Å². The molecular weight excluding hydrogens is 260 g/mol. The van der Waals surface area contributed by atoms with Crippen LogP contribution in [0.4, 0.5) is 0 Å². The molecule has 2 rings (SSSR count). The first-order chi connectivity index (χ1) is 10.2. The maximum atomic E-state index is 6.04. The lowest BCUT2D eigenvalue weighted by Gasteiger charge is -2.10. The number of unbranched alkanes of at least 4 members (excludes halogenated alkanes) is 1. The fraction of sp³-hybridized carbons (Fsp3) is 0.556. The summed E-state index contributed by atoms with van der Waals surface area (Å²) in [5, 5.41) is 1.30. The van der Waals surface area contributed by atoms with Crippen molar-refractivity contribution in [2.24, 2.45) is 5.73 Å². The van der Waals surface area contributed by atoms with Crippen LogP contribution >= 0.6 is 0 Å². The third kappa shape index (κ3) is 4.58. The van der Waals surface area contributed by atoms with Crippen LogP contribution in [0.1, 0.15) is 38.7 Å². The first kappa shape index (κ1) is 16.1. The Kier molecular flexibility index (Phi) is 6.27. The van der Waals surface area contributed by atoms with E-state index in [4.69, 9.17) is 10.5 Å². The number of hydrogen-bond acceptors (Lipinski definition) is 2. The summed E-state index contributed by atoms with van der Waals surface area (Å²) in [5.74, 6) is 0. The van der Waals surface area contributed by atoms with E-state index in [1.54, 1.807) is 0 Å². The smallest absolute Gasteiger partial charge is 0.0645 e. The van der Waals surface area contributed by atoms with Crippen molar-refractivity contribution in [3.05, 3.63) is 36.0 Å². The summed E-state index contributed by atoms with van der Waals surface area (Å²) in [6, 6.07) is 9.11. The molecule has 1 aromatic heterocycles. The predicted molar refractivity (Wildman–Crippen MR) is 89.6 cm³/mol. The first-order valence-corrected chi connectivity index (χ1v) is 8.15. The Hall–Kier alpha value is -1.32. The molecule has 0 bridgehead atoms. The fourth-order valence-corrected chi connectivity index (χ4v) is 2.53. The zero-order valence-corrected chi connectivity index (χ0v) is 13.3. The van der Waals surface area contributed by atoms with Gasteiger partial charge in [-0.1, -0.05) is 26.3 Å². The van der Waals surface area contributed by atoms with E-state index in [0.29, 0.717) is 0 Å². The van der Waals surface area contributed by atoms with Gasteiger partial charge in [-0.2, -0.15) is 0 Å². The summed E-state index contributed by atoms with van der Waals surface area (Å²) in [5.41, 5.74) is 8.65. The molecule has 21 heavy (non-hydrogen) atoms. The van der Waals surface area contributed by atoms with Crippen LogP contribution in [-0.4, -0.2) is 23.8 Å². The topological polar surface area (TPSA) is 40.2 Å². The molecule has 0 radical (unpaired) electrons. The molecule has 1 atom stereocenters. The first-order valence-electron chi connectivity index (χ1n) is 8.15. The van der Waals surface area contributed by atoms with Crippen LogP contribution in [0.15, 0.2) is 30.5 Å². The van der Waals surface area contributed by atoms with Gasteiger partial charge in [-0.25, -0.2) is 0 Å². The average molecular weight is 288 g/mol. The lowest BCUT2D eigenvalue weighted by atomic mass is 10.0. The predicted octanol–water partition coefficient (Wildman–Crippen LogP) is 3.74. The minimum absolute atomic E-state index is 0.261. The van der Waals surface area contributed by atoms with Gasteiger partial charge in [-0.15, -0.1) is 0 Å². The summed E-state index contributed by atoms with van der Waals surface area (Å²) >= 11 is 0. The van der Waals surface area contributed by atoms with E-state index in [2.05, 4.69) is 48.9 Å². The largest absolute Gasteiger partial charge is 0.380 e. The number of benzene rings is 1.